The van der Waals surface area contributed by atoms with Crippen molar-refractivity contribution in [2.75, 3.05) is 0 Å². The van der Waals surface area contributed by atoms with Gasteiger partial charge in [-0.25, -0.2) is 14.8 Å². The van der Waals surface area contributed by atoms with E-state index >= 15 is 0 Å². The lowest BCUT2D eigenvalue weighted by Crippen LogP contribution is -1.97. The summed E-state index contributed by atoms with van der Waals surface area (Å²) in [6.07, 6.45) is 1.25. The molecular weight excluding hydrogens is 282 g/mol. The summed E-state index contributed by atoms with van der Waals surface area (Å²) in [5, 5.41) is 19.3. The molecule has 0 aliphatic heterocycles. The highest BCUT2D eigenvalue weighted by atomic mass is 16.5. The second-order valence-corrected chi connectivity index (χ2v) is 4.45. The number of carbonyl (C=O) groups is 1. The Kier molecular flexibility index (Phi) is 3.38. The average Bonchev–Trinajstić information content (AvgIpc) is 2.54. The first kappa shape index (κ1) is 13.5. The molecule has 1 heterocycles. The molecule has 6 heteroatoms. The van der Waals surface area contributed by atoms with E-state index < -0.39 is 5.97 Å². The quantitative estimate of drug-likeness (QED) is 0.796. The van der Waals surface area contributed by atoms with Gasteiger partial charge in [0.25, 0.3) is 0 Å². The average molecular weight is 291 g/mol. The van der Waals surface area contributed by atoms with Crippen molar-refractivity contribution >= 4 is 16.7 Å². The maximum absolute atomic E-state index is 11.2. The number of benzene rings is 2. The molecule has 0 unspecified atom stereocenters. The summed E-state index contributed by atoms with van der Waals surface area (Å²) in [4.78, 5) is 18.9. The van der Waals surface area contributed by atoms with Crippen LogP contribution in [0.4, 0.5) is 0 Å². The molecule has 0 saturated carbocycles. The molecule has 0 aliphatic rings. The lowest BCUT2D eigenvalue weighted by Gasteiger charge is -2.07. The maximum Gasteiger partial charge on any atom is 0.336 e. The summed E-state index contributed by atoms with van der Waals surface area (Å²) in [6, 6.07) is 13.4. The highest BCUT2D eigenvalue weighted by Gasteiger charge is 2.09. The lowest BCUT2D eigenvalue weighted by molar-refractivity contribution is 0.0699. The molecule has 1 N–H and O–H groups in total. The molecule has 106 valence electrons. The summed E-state index contributed by atoms with van der Waals surface area (Å²) in [6.45, 7) is 0. The van der Waals surface area contributed by atoms with Crippen molar-refractivity contribution in [1.82, 2.24) is 9.97 Å². The monoisotopic (exact) mass is 291 g/mol. The number of hydrogen-bond donors (Lipinski definition) is 1. The van der Waals surface area contributed by atoms with E-state index in [0.29, 0.717) is 11.1 Å². The second-order valence-electron chi connectivity index (χ2n) is 4.45. The molecule has 3 rings (SSSR count). The molecule has 0 spiro atoms. The summed E-state index contributed by atoms with van der Waals surface area (Å²) in [7, 11) is 0. The summed E-state index contributed by atoms with van der Waals surface area (Å²) in [5.41, 5.74) is 0.441. The van der Waals surface area contributed by atoms with Gasteiger partial charge < -0.3 is 9.84 Å². The fourth-order valence-electron chi connectivity index (χ4n) is 2.09. The zero-order valence-corrected chi connectivity index (χ0v) is 11.2. The Hall–Kier alpha value is -3.46. The number of aromatic carboxylic acids is 1. The van der Waals surface area contributed by atoms with Gasteiger partial charge in [0.05, 0.1) is 5.56 Å². The van der Waals surface area contributed by atoms with Crippen LogP contribution in [0.5, 0.6) is 11.6 Å². The van der Waals surface area contributed by atoms with Gasteiger partial charge in [0.1, 0.15) is 23.8 Å². The Labute approximate surface area is 125 Å². The molecule has 0 atom stereocenters. The van der Waals surface area contributed by atoms with Gasteiger partial charge in [-0.15, -0.1) is 0 Å². The molecule has 0 bridgehead atoms. The fourth-order valence-corrected chi connectivity index (χ4v) is 2.09. The van der Waals surface area contributed by atoms with Crippen LogP contribution in [0.25, 0.3) is 10.8 Å². The number of ether oxygens (including phenoxy) is 1. The van der Waals surface area contributed by atoms with Gasteiger partial charge >= 0.3 is 5.97 Å². The molecule has 6 nitrogen and oxygen atoms in total. The Bertz CT molecular complexity index is 916. The van der Waals surface area contributed by atoms with E-state index in [1.807, 2.05) is 6.07 Å². The zero-order chi connectivity index (χ0) is 15.5. The molecule has 0 radical (unpaired) electrons. The van der Waals surface area contributed by atoms with Crippen molar-refractivity contribution < 1.29 is 14.6 Å². The standard InChI is InChI=1S/C16H9N3O3/c17-8-11-7-15(19-9-18-11)22-12-4-5-13-10(6-12)2-1-3-14(13)16(20)21/h1-7,9H,(H,20,21). The van der Waals surface area contributed by atoms with Gasteiger partial charge in [0.15, 0.2) is 0 Å². The van der Waals surface area contributed by atoms with Crippen LogP contribution in [-0.2, 0) is 0 Å². The topological polar surface area (TPSA) is 96.1 Å². The van der Waals surface area contributed by atoms with Gasteiger partial charge in [0.2, 0.25) is 5.88 Å². The summed E-state index contributed by atoms with van der Waals surface area (Å²) in [5.74, 6) is -0.230. The minimum atomic E-state index is -0.978. The first-order chi connectivity index (χ1) is 10.7. The number of carboxylic acid groups (broad SMARTS) is 1. The van der Waals surface area contributed by atoms with E-state index in [9.17, 15) is 4.79 Å². The number of rotatable bonds is 3. The number of carboxylic acids is 1. The Morgan fingerprint density at radius 1 is 1.18 bits per heavy atom. The third kappa shape index (κ3) is 2.55. The lowest BCUT2D eigenvalue weighted by atomic mass is 10.0. The van der Waals surface area contributed by atoms with Crippen LogP contribution >= 0.6 is 0 Å². The fraction of sp³-hybridized carbons (Fsp3) is 0. The molecule has 3 aromatic rings. The second kappa shape index (κ2) is 5.50. The minimum Gasteiger partial charge on any atom is -0.478 e. The smallest absolute Gasteiger partial charge is 0.336 e. The van der Waals surface area contributed by atoms with Gasteiger partial charge in [-0.05, 0) is 35.0 Å². The Balaban J connectivity index is 1.99. The number of fused-ring (bicyclic) bond motifs is 1. The van der Waals surface area contributed by atoms with Crippen LogP contribution < -0.4 is 4.74 Å². The summed E-state index contributed by atoms with van der Waals surface area (Å²) < 4.78 is 5.58. The molecule has 0 aliphatic carbocycles. The minimum absolute atomic E-state index is 0.207. The van der Waals surface area contributed by atoms with E-state index in [1.54, 1.807) is 36.4 Å². The zero-order valence-electron chi connectivity index (χ0n) is 11.2. The first-order valence-electron chi connectivity index (χ1n) is 6.33. The van der Waals surface area contributed by atoms with Gasteiger partial charge in [-0.1, -0.05) is 12.1 Å². The summed E-state index contributed by atoms with van der Waals surface area (Å²) >= 11 is 0. The third-order valence-corrected chi connectivity index (χ3v) is 3.06. The van der Waals surface area contributed by atoms with Crippen molar-refractivity contribution in [3.05, 3.63) is 60.0 Å². The SMILES string of the molecule is N#Cc1cc(Oc2ccc3c(C(=O)O)cccc3c2)ncn1. The Morgan fingerprint density at radius 3 is 2.82 bits per heavy atom. The van der Waals surface area contributed by atoms with E-state index in [4.69, 9.17) is 15.1 Å². The number of nitriles is 1. The highest BCUT2D eigenvalue weighted by Crippen LogP contribution is 2.26. The van der Waals surface area contributed by atoms with Crippen molar-refractivity contribution in [3.8, 4) is 17.7 Å². The molecule has 0 fully saturated rings. The van der Waals surface area contributed by atoms with E-state index in [-0.39, 0.29) is 17.1 Å². The molecular formula is C16H9N3O3. The van der Waals surface area contributed by atoms with Crippen LogP contribution in [-0.4, -0.2) is 21.0 Å². The maximum atomic E-state index is 11.2. The van der Waals surface area contributed by atoms with Crippen LogP contribution in [0, 0.1) is 11.3 Å². The van der Waals surface area contributed by atoms with Crippen LogP contribution in [0.15, 0.2) is 48.8 Å². The number of aromatic nitrogens is 2. The van der Waals surface area contributed by atoms with Gasteiger partial charge in [-0.3, -0.25) is 0 Å². The van der Waals surface area contributed by atoms with Crippen molar-refractivity contribution in [1.29, 1.82) is 5.26 Å². The number of nitrogens with zero attached hydrogens (tertiary/aromatic N) is 3. The molecule has 22 heavy (non-hydrogen) atoms. The highest BCUT2D eigenvalue weighted by molar-refractivity contribution is 6.03. The van der Waals surface area contributed by atoms with E-state index in [1.165, 1.54) is 12.4 Å². The predicted octanol–water partition coefficient (Wildman–Crippen LogP) is 2.99. The number of hydrogen-bond acceptors (Lipinski definition) is 5. The molecule has 2 aromatic carbocycles. The van der Waals surface area contributed by atoms with E-state index in [0.717, 1.165) is 5.39 Å². The normalized spacial score (nSPS) is 10.1. The predicted molar refractivity (Wildman–Crippen MR) is 77.7 cm³/mol. The first-order valence-corrected chi connectivity index (χ1v) is 6.33. The molecule has 0 saturated heterocycles. The largest absolute Gasteiger partial charge is 0.478 e. The van der Waals surface area contributed by atoms with Crippen LogP contribution in [0.1, 0.15) is 16.1 Å². The Morgan fingerprint density at radius 2 is 2.05 bits per heavy atom. The molecule has 1 aromatic heterocycles. The molecule has 0 amide bonds. The van der Waals surface area contributed by atoms with Crippen molar-refractivity contribution in [2.45, 2.75) is 0 Å². The van der Waals surface area contributed by atoms with Crippen molar-refractivity contribution in [3.63, 3.8) is 0 Å². The van der Waals surface area contributed by atoms with Crippen molar-refractivity contribution in [2.24, 2.45) is 0 Å². The van der Waals surface area contributed by atoms with E-state index in [2.05, 4.69) is 9.97 Å². The third-order valence-electron chi connectivity index (χ3n) is 3.06. The van der Waals surface area contributed by atoms with Gasteiger partial charge in [-0.2, -0.15) is 5.26 Å². The van der Waals surface area contributed by atoms with Crippen LogP contribution in [0.2, 0.25) is 0 Å². The van der Waals surface area contributed by atoms with Gasteiger partial charge in [0, 0.05) is 6.07 Å². The van der Waals surface area contributed by atoms with Crippen LogP contribution in [0.3, 0.4) is 0 Å².